The Kier molecular flexibility index (Phi) is 2.31. The number of fused-ring (bicyclic) bond motifs is 1. The summed E-state index contributed by atoms with van der Waals surface area (Å²) in [5, 5.41) is 0. The molecule has 0 aliphatic rings. The van der Waals surface area contributed by atoms with E-state index in [0.717, 1.165) is 11.8 Å². The van der Waals surface area contributed by atoms with E-state index >= 15 is 0 Å². The zero-order valence-corrected chi connectivity index (χ0v) is 9.65. The number of rotatable bonds is 2. The number of hydrogen-bond donors (Lipinski definition) is 0. The van der Waals surface area contributed by atoms with E-state index in [2.05, 4.69) is 4.98 Å². The van der Waals surface area contributed by atoms with Gasteiger partial charge < -0.3 is 4.57 Å². The predicted octanol–water partition coefficient (Wildman–Crippen LogP) is 0.789. The van der Waals surface area contributed by atoms with Crippen LogP contribution in [0.5, 0.6) is 0 Å². The fraction of sp³-hybridized carbons (Fsp3) is 0.200. The first-order valence-corrected chi connectivity index (χ1v) is 6.44. The highest BCUT2D eigenvalue weighted by Gasteiger charge is 2.11. The Labute approximate surface area is 92.6 Å². The third-order valence-corrected chi connectivity index (χ3v) is 3.53. The fourth-order valence-corrected chi connectivity index (χ4v) is 2.18. The van der Waals surface area contributed by atoms with Gasteiger partial charge in [0.1, 0.15) is 0 Å². The van der Waals surface area contributed by atoms with Crippen molar-refractivity contribution in [2.75, 3.05) is 6.26 Å². The van der Waals surface area contributed by atoms with E-state index in [4.69, 9.17) is 0 Å². The van der Waals surface area contributed by atoms with Crippen LogP contribution >= 0.6 is 0 Å². The molecule has 2 aromatic rings. The maximum atomic E-state index is 11.3. The lowest BCUT2D eigenvalue weighted by Crippen LogP contribution is -1.97. The minimum Gasteiger partial charge on any atom is -0.325 e. The number of aldehydes is 1. The highest BCUT2D eigenvalue weighted by molar-refractivity contribution is 7.90. The molecule has 0 atom stereocenters. The molecule has 0 saturated carbocycles. The smallest absolute Gasteiger partial charge is 0.185 e. The maximum absolute atomic E-state index is 11.3. The Bertz CT molecular complexity index is 671. The van der Waals surface area contributed by atoms with E-state index < -0.39 is 9.84 Å². The highest BCUT2D eigenvalue weighted by Crippen LogP contribution is 2.18. The number of aryl methyl sites for hydroxylation is 1. The van der Waals surface area contributed by atoms with Crippen molar-refractivity contribution in [2.24, 2.45) is 7.05 Å². The molecule has 0 bridgehead atoms. The summed E-state index contributed by atoms with van der Waals surface area (Å²) in [5.41, 5.74) is 1.24. The van der Waals surface area contributed by atoms with E-state index in [-0.39, 0.29) is 10.7 Å². The number of benzene rings is 1. The average Bonchev–Trinajstić information content (AvgIpc) is 2.54. The summed E-state index contributed by atoms with van der Waals surface area (Å²) in [7, 11) is -1.53. The largest absolute Gasteiger partial charge is 0.325 e. The number of nitrogens with zero attached hydrogens (tertiary/aromatic N) is 2. The Morgan fingerprint density at radius 2 is 2.06 bits per heavy atom. The molecule has 1 heterocycles. The minimum atomic E-state index is -3.24. The lowest BCUT2D eigenvalue weighted by molar-refractivity contribution is 0.111. The second-order valence-corrected chi connectivity index (χ2v) is 5.59. The van der Waals surface area contributed by atoms with Crippen LogP contribution in [0.3, 0.4) is 0 Å². The van der Waals surface area contributed by atoms with Gasteiger partial charge in [0.2, 0.25) is 0 Å². The van der Waals surface area contributed by atoms with Crippen LogP contribution in [-0.4, -0.2) is 30.5 Å². The molecule has 6 heteroatoms. The Hall–Kier alpha value is -1.69. The summed E-state index contributed by atoms with van der Waals surface area (Å²) in [5.74, 6) is 0.278. The molecule has 0 aliphatic heterocycles. The topological polar surface area (TPSA) is 69.0 Å². The molecule has 0 fully saturated rings. The Morgan fingerprint density at radius 1 is 1.38 bits per heavy atom. The molecule has 2 rings (SSSR count). The minimum absolute atomic E-state index is 0.204. The second kappa shape index (κ2) is 3.41. The zero-order chi connectivity index (χ0) is 11.9. The summed E-state index contributed by atoms with van der Waals surface area (Å²) in [6.45, 7) is 0. The van der Waals surface area contributed by atoms with Gasteiger partial charge in [-0.1, -0.05) is 0 Å². The van der Waals surface area contributed by atoms with Gasteiger partial charge in [0, 0.05) is 13.3 Å². The van der Waals surface area contributed by atoms with Gasteiger partial charge in [0.05, 0.1) is 15.9 Å². The Balaban J connectivity index is 2.78. The summed E-state index contributed by atoms with van der Waals surface area (Å²) >= 11 is 0. The van der Waals surface area contributed by atoms with Crippen molar-refractivity contribution in [1.82, 2.24) is 9.55 Å². The number of aromatic nitrogens is 2. The van der Waals surface area contributed by atoms with Crippen molar-refractivity contribution in [3.05, 3.63) is 24.0 Å². The molecule has 0 radical (unpaired) electrons. The molecule has 84 valence electrons. The predicted molar refractivity (Wildman–Crippen MR) is 59.2 cm³/mol. The molecule has 0 amide bonds. The van der Waals surface area contributed by atoms with Crippen molar-refractivity contribution in [2.45, 2.75) is 4.90 Å². The van der Waals surface area contributed by atoms with Crippen molar-refractivity contribution < 1.29 is 13.2 Å². The lowest BCUT2D eigenvalue weighted by atomic mass is 10.3. The van der Waals surface area contributed by atoms with Gasteiger partial charge in [-0.15, -0.1) is 0 Å². The molecule has 0 aliphatic carbocycles. The highest BCUT2D eigenvalue weighted by atomic mass is 32.2. The van der Waals surface area contributed by atoms with E-state index in [1.807, 2.05) is 0 Å². The summed E-state index contributed by atoms with van der Waals surface area (Å²) < 4.78 is 24.3. The average molecular weight is 238 g/mol. The number of imidazole rings is 1. The van der Waals surface area contributed by atoms with Crippen LogP contribution in [0.2, 0.25) is 0 Å². The fourth-order valence-electron chi connectivity index (χ4n) is 1.53. The molecule has 5 nitrogen and oxygen atoms in total. The van der Waals surface area contributed by atoms with Crippen LogP contribution in [0.1, 0.15) is 10.6 Å². The summed E-state index contributed by atoms with van der Waals surface area (Å²) in [6.07, 6.45) is 1.78. The first-order chi connectivity index (χ1) is 7.43. The molecule has 0 unspecified atom stereocenters. The standard InChI is InChI=1S/C10H10N2O3S/c1-12-9-4-3-7(16(2,14)15)5-8(9)11-10(12)6-13/h3-6H,1-2H3. The molecule has 16 heavy (non-hydrogen) atoms. The summed E-state index contributed by atoms with van der Waals surface area (Å²) in [6, 6.07) is 4.62. The molecular weight excluding hydrogens is 228 g/mol. The van der Waals surface area contributed by atoms with Crippen molar-refractivity contribution >= 4 is 27.2 Å². The molecule has 0 N–H and O–H groups in total. The number of carbonyl (C=O) groups excluding carboxylic acids is 1. The van der Waals surface area contributed by atoms with Crippen molar-refractivity contribution in [3.8, 4) is 0 Å². The third-order valence-electron chi connectivity index (χ3n) is 2.42. The van der Waals surface area contributed by atoms with Crippen LogP contribution in [-0.2, 0) is 16.9 Å². The van der Waals surface area contributed by atoms with Crippen LogP contribution in [0.15, 0.2) is 23.1 Å². The SMILES string of the molecule is Cn1c(C=O)nc2cc(S(C)(=O)=O)ccc21. The maximum Gasteiger partial charge on any atom is 0.185 e. The molecule has 1 aromatic heterocycles. The molecule has 0 spiro atoms. The van der Waals surface area contributed by atoms with Gasteiger partial charge in [-0.05, 0) is 18.2 Å². The zero-order valence-electron chi connectivity index (χ0n) is 8.84. The molecule has 1 aromatic carbocycles. The van der Waals surface area contributed by atoms with E-state index in [0.29, 0.717) is 11.8 Å². The van der Waals surface area contributed by atoms with Crippen molar-refractivity contribution in [3.63, 3.8) is 0 Å². The number of hydrogen-bond acceptors (Lipinski definition) is 4. The first kappa shape index (κ1) is 10.8. The number of carbonyl (C=O) groups is 1. The van der Waals surface area contributed by atoms with Gasteiger partial charge >= 0.3 is 0 Å². The normalized spacial score (nSPS) is 11.9. The van der Waals surface area contributed by atoms with Gasteiger partial charge in [-0.25, -0.2) is 13.4 Å². The Morgan fingerprint density at radius 3 is 2.62 bits per heavy atom. The van der Waals surface area contributed by atoms with Crippen molar-refractivity contribution in [1.29, 1.82) is 0 Å². The van der Waals surface area contributed by atoms with E-state index in [1.54, 1.807) is 17.7 Å². The monoisotopic (exact) mass is 238 g/mol. The van der Waals surface area contributed by atoms with Crippen LogP contribution in [0.25, 0.3) is 11.0 Å². The lowest BCUT2D eigenvalue weighted by Gasteiger charge is -1.98. The van der Waals surface area contributed by atoms with Gasteiger partial charge in [-0.2, -0.15) is 0 Å². The van der Waals surface area contributed by atoms with Gasteiger partial charge in [-0.3, -0.25) is 4.79 Å². The van der Waals surface area contributed by atoms with E-state index in [1.165, 1.54) is 12.1 Å². The first-order valence-electron chi connectivity index (χ1n) is 4.55. The van der Waals surface area contributed by atoms with Crippen LogP contribution < -0.4 is 0 Å². The second-order valence-electron chi connectivity index (χ2n) is 3.57. The molecule has 0 saturated heterocycles. The quantitative estimate of drug-likeness (QED) is 0.725. The molecular formula is C10H10N2O3S. The summed E-state index contributed by atoms with van der Waals surface area (Å²) in [4.78, 5) is 14.9. The van der Waals surface area contributed by atoms with Gasteiger partial charge in [0.15, 0.2) is 21.9 Å². The van der Waals surface area contributed by atoms with Crippen LogP contribution in [0, 0.1) is 0 Å². The third kappa shape index (κ3) is 1.61. The number of sulfone groups is 1. The van der Waals surface area contributed by atoms with Gasteiger partial charge in [0.25, 0.3) is 0 Å². The van der Waals surface area contributed by atoms with E-state index in [9.17, 15) is 13.2 Å². The van der Waals surface area contributed by atoms with Crippen LogP contribution in [0.4, 0.5) is 0 Å².